The third-order valence-corrected chi connectivity index (χ3v) is 5.46. The van der Waals surface area contributed by atoms with Crippen molar-refractivity contribution >= 4 is 40.6 Å². The molecule has 0 aliphatic carbocycles. The minimum atomic E-state index is 0.0866. The molecule has 0 saturated carbocycles. The van der Waals surface area contributed by atoms with Crippen molar-refractivity contribution < 1.29 is 4.79 Å². The van der Waals surface area contributed by atoms with E-state index in [1.807, 2.05) is 35.2 Å². The average molecular weight is 361 g/mol. The van der Waals surface area contributed by atoms with E-state index in [0.29, 0.717) is 0 Å². The van der Waals surface area contributed by atoms with Crippen LogP contribution in [0, 0.1) is 13.8 Å². The number of amides is 1. The molecule has 0 radical (unpaired) electrons. The van der Waals surface area contributed by atoms with Crippen molar-refractivity contribution in [2.45, 2.75) is 13.8 Å². The summed E-state index contributed by atoms with van der Waals surface area (Å²) in [6.07, 6.45) is 3.60. The van der Waals surface area contributed by atoms with Crippen molar-refractivity contribution in [1.29, 1.82) is 0 Å². The minimum absolute atomic E-state index is 0.0866. The fourth-order valence-corrected chi connectivity index (χ4v) is 3.84. The zero-order chi connectivity index (χ0) is 17.1. The molecule has 1 fully saturated rings. The predicted octanol–water partition coefficient (Wildman–Crippen LogP) is 4.38. The number of benzene rings is 1. The molecular formula is C19H21ClN2OS. The minimum Gasteiger partial charge on any atom is -0.368 e. The Kier molecular flexibility index (Phi) is 5.27. The van der Waals surface area contributed by atoms with Gasteiger partial charge < -0.3 is 9.80 Å². The molecule has 3 nitrogen and oxygen atoms in total. The molecule has 1 aromatic carbocycles. The Hall–Kier alpha value is -1.78. The van der Waals surface area contributed by atoms with Gasteiger partial charge in [-0.15, -0.1) is 11.3 Å². The normalized spacial score (nSPS) is 15.3. The second-order valence-electron chi connectivity index (χ2n) is 6.02. The van der Waals surface area contributed by atoms with Crippen molar-refractivity contribution in [3.05, 3.63) is 56.7 Å². The number of anilines is 1. The number of hydrogen-bond acceptors (Lipinski definition) is 3. The molecule has 0 spiro atoms. The molecule has 3 rings (SSSR count). The van der Waals surface area contributed by atoms with E-state index in [1.165, 1.54) is 16.1 Å². The van der Waals surface area contributed by atoms with E-state index in [1.54, 1.807) is 17.4 Å². The maximum absolute atomic E-state index is 12.3. The van der Waals surface area contributed by atoms with E-state index in [-0.39, 0.29) is 5.91 Å². The van der Waals surface area contributed by atoms with Gasteiger partial charge in [0.1, 0.15) is 0 Å². The smallest absolute Gasteiger partial charge is 0.246 e. The number of aryl methyl sites for hydroxylation is 2. The number of hydrogen-bond donors (Lipinski definition) is 0. The first-order valence-corrected chi connectivity index (χ1v) is 9.27. The molecule has 0 bridgehead atoms. The molecule has 1 amide bonds. The fraction of sp³-hybridized carbons (Fsp3) is 0.316. The third-order valence-electron chi connectivity index (χ3n) is 4.25. The van der Waals surface area contributed by atoms with Gasteiger partial charge in [0.15, 0.2) is 0 Å². The number of nitrogens with zero attached hydrogens (tertiary/aromatic N) is 2. The second-order valence-corrected chi connectivity index (χ2v) is 7.78. The van der Waals surface area contributed by atoms with Crippen LogP contribution in [0.1, 0.15) is 15.3 Å². The number of carbonyl (C=O) groups is 1. The zero-order valence-corrected chi connectivity index (χ0v) is 15.5. The van der Waals surface area contributed by atoms with Crippen LogP contribution in [-0.4, -0.2) is 37.0 Å². The van der Waals surface area contributed by atoms with Gasteiger partial charge in [0.25, 0.3) is 0 Å². The molecule has 24 heavy (non-hydrogen) atoms. The maximum Gasteiger partial charge on any atom is 0.246 e. The molecular weight excluding hydrogens is 340 g/mol. The number of carbonyl (C=O) groups excluding carboxylic acids is 1. The summed E-state index contributed by atoms with van der Waals surface area (Å²) in [7, 11) is 0. The van der Waals surface area contributed by atoms with E-state index in [4.69, 9.17) is 11.6 Å². The molecule has 1 saturated heterocycles. The van der Waals surface area contributed by atoms with Crippen LogP contribution in [0.4, 0.5) is 5.69 Å². The predicted molar refractivity (Wildman–Crippen MR) is 103 cm³/mol. The number of rotatable bonds is 3. The largest absolute Gasteiger partial charge is 0.368 e. The Morgan fingerprint density at radius 2 is 1.88 bits per heavy atom. The van der Waals surface area contributed by atoms with Crippen LogP contribution in [0.15, 0.2) is 36.4 Å². The first-order valence-electron chi connectivity index (χ1n) is 8.07. The monoisotopic (exact) mass is 360 g/mol. The third kappa shape index (κ3) is 4.00. The van der Waals surface area contributed by atoms with Crippen LogP contribution in [0.25, 0.3) is 6.08 Å². The Bertz CT molecular complexity index is 760. The fourth-order valence-electron chi connectivity index (χ4n) is 2.89. The van der Waals surface area contributed by atoms with E-state index in [9.17, 15) is 4.79 Å². The maximum atomic E-state index is 12.3. The summed E-state index contributed by atoms with van der Waals surface area (Å²) < 4.78 is 0. The van der Waals surface area contributed by atoms with Crippen LogP contribution < -0.4 is 4.90 Å². The SMILES string of the molecule is Cc1ccc(/C=C/C(=O)N2CCN(c3cc(Cl)ccc3C)CC2)s1. The summed E-state index contributed by atoms with van der Waals surface area (Å²) in [5.74, 6) is 0.0866. The van der Waals surface area contributed by atoms with Gasteiger partial charge in [-0.05, 0) is 49.8 Å². The Balaban J connectivity index is 1.59. The molecule has 126 valence electrons. The van der Waals surface area contributed by atoms with Crippen LogP contribution in [-0.2, 0) is 4.79 Å². The summed E-state index contributed by atoms with van der Waals surface area (Å²) in [6, 6.07) is 10.1. The topological polar surface area (TPSA) is 23.6 Å². The van der Waals surface area contributed by atoms with E-state index < -0.39 is 0 Å². The Morgan fingerprint density at radius 1 is 1.12 bits per heavy atom. The Morgan fingerprint density at radius 3 is 2.54 bits per heavy atom. The van der Waals surface area contributed by atoms with Gasteiger partial charge in [-0.3, -0.25) is 4.79 Å². The van der Waals surface area contributed by atoms with Crippen molar-refractivity contribution in [3.63, 3.8) is 0 Å². The first kappa shape index (κ1) is 17.1. The van der Waals surface area contributed by atoms with Crippen LogP contribution in [0.5, 0.6) is 0 Å². The average Bonchev–Trinajstić information content (AvgIpc) is 3.00. The number of thiophene rings is 1. The standard InChI is InChI=1S/C19H21ClN2OS/c1-14-3-5-16(20)13-18(14)21-9-11-22(12-10-21)19(23)8-7-17-6-4-15(2)24-17/h3-8,13H,9-12H2,1-2H3/b8-7+. The zero-order valence-electron chi connectivity index (χ0n) is 14.0. The van der Waals surface area contributed by atoms with Gasteiger partial charge in [0.2, 0.25) is 5.91 Å². The summed E-state index contributed by atoms with van der Waals surface area (Å²) in [4.78, 5) is 18.9. The molecule has 1 aromatic heterocycles. The molecule has 5 heteroatoms. The van der Waals surface area contributed by atoms with Crippen molar-refractivity contribution in [3.8, 4) is 0 Å². The van der Waals surface area contributed by atoms with Crippen LogP contribution >= 0.6 is 22.9 Å². The van der Waals surface area contributed by atoms with Crippen LogP contribution in [0.3, 0.4) is 0 Å². The van der Waals surface area contributed by atoms with Gasteiger partial charge in [-0.2, -0.15) is 0 Å². The molecule has 1 aliphatic heterocycles. The van der Waals surface area contributed by atoms with Crippen molar-refractivity contribution in [2.24, 2.45) is 0 Å². The number of piperazine rings is 1. The lowest BCUT2D eigenvalue weighted by Crippen LogP contribution is -2.48. The quantitative estimate of drug-likeness (QED) is 0.758. The molecule has 2 aromatic rings. The lowest BCUT2D eigenvalue weighted by atomic mass is 10.1. The van der Waals surface area contributed by atoms with Gasteiger partial charge in [0, 0.05) is 52.7 Å². The highest BCUT2D eigenvalue weighted by atomic mass is 35.5. The molecule has 1 aliphatic rings. The summed E-state index contributed by atoms with van der Waals surface area (Å²) in [5.41, 5.74) is 2.38. The molecule has 0 unspecified atom stereocenters. The van der Waals surface area contributed by atoms with Gasteiger partial charge in [-0.1, -0.05) is 17.7 Å². The summed E-state index contributed by atoms with van der Waals surface area (Å²) >= 11 is 7.82. The van der Waals surface area contributed by atoms with Crippen molar-refractivity contribution in [2.75, 3.05) is 31.1 Å². The first-order chi connectivity index (χ1) is 11.5. The van der Waals surface area contributed by atoms with E-state index in [2.05, 4.69) is 24.8 Å². The highest BCUT2D eigenvalue weighted by Crippen LogP contribution is 2.25. The summed E-state index contributed by atoms with van der Waals surface area (Å²) in [6.45, 7) is 7.30. The Labute approximate surface area is 152 Å². The van der Waals surface area contributed by atoms with Gasteiger partial charge >= 0.3 is 0 Å². The van der Waals surface area contributed by atoms with E-state index >= 15 is 0 Å². The molecule has 0 atom stereocenters. The molecule has 0 N–H and O–H groups in total. The van der Waals surface area contributed by atoms with Gasteiger partial charge in [0.05, 0.1) is 0 Å². The van der Waals surface area contributed by atoms with E-state index in [0.717, 1.165) is 36.1 Å². The van der Waals surface area contributed by atoms with Crippen molar-refractivity contribution in [1.82, 2.24) is 4.90 Å². The van der Waals surface area contributed by atoms with Crippen LogP contribution in [0.2, 0.25) is 5.02 Å². The second kappa shape index (κ2) is 7.41. The highest BCUT2D eigenvalue weighted by Gasteiger charge is 2.20. The van der Waals surface area contributed by atoms with Gasteiger partial charge in [-0.25, -0.2) is 0 Å². The molecule has 2 heterocycles. The summed E-state index contributed by atoms with van der Waals surface area (Å²) in [5, 5.41) is 0.753. The lowest BCUT2D eigenvalue weighted by molar-refractivity contribution is -0.126. The number of halogens is 1. The lowest BCUT2D eigenvalue weighted by Gasteiger charge is -2.36. The highest BCUT2D eigenvalue weighted by molar-refractivity contribution is 7.12.